The molecule has 71 heavy (non-hydrogen) atoms. The number of allylic oxidation sites excluding steroid dienone is 4. The van der Waals surface area contributed by atoms with Gasteiger partial charge in [-0.05, 0) is 44.9 Å². The van der Waals surface area contributed by atoms with Crippen molar-refractivity contribution in [3.8, 4) is 0 Å². The summed E-state index contributed by atoms with van der Waals surface area (Å²) in [5.74, 6) is -0.256. The van der Waals surface area contributed by atoms with Crippen LogP contribution in [0.3, 0.4) is 0 Å². The lowest BCUT2D eigenvalue weighted by Gasteiger charge is -2.48. The van der Waals surface area contributed by atoms with Crippen LogP contribution in [0.2, 0.25) is 0 Å². The summed E-state index contributed by atoms with van der Waals surface area (Å²) in [4.78, 5) is 13.2. The molecule has 3 heterocycles. The molecule has 17 unspecified atom stereocenters. The number of rotatable bonds is 38. The second-order valence-corrected chi connectivity index (χ2v) is 19.7. The van der Waals surface area contributed by atoms with Crippen LogP contribution < -0.4 is 5.32 Å². The van der Waals surface area contributed by atoms with Gasteiger partial charge in [-0.2, -0.15) is 0 Å². The van der Waals surface area contributed by atoms with Crippen LogP contribution in [0, 0.1) is 0 Å². The van der Waals surface area contributed by atoms with Crippen molar-refractivity contribution < 1.29 is 89.4 Å². The standard InChI is InChI=1S/C52H95NO18/c1-3-5-7-9-10-11-12-13-14-15-16-17-18-19-20-21-22-23-24-26-28-30-40(58)53-35(36(57)29-27-25-8-6-4-2)34-66-50-46(64)43(61)48(38(32-55)68-50)71-52-47(65)44(62)49(39(33-56)69-52)70-51-45(63)42(60)41(59)37(31-54)67-51/h12-13,15-16,35-39,41-52,54-57,59-65H,3-11,14,17-34H2,1-2H3,(H,53,58)/b13-12-,16-15-. The molecule has 3 rings (SSSR count). The molecule has 0 bridgehead atoms. The Kier molecular flexibility index (Phi) is 33.2. The maximum Gasteiger partial charge on any atom is 0.220 e. The molecular weight excluding hydrogens is 927 g/mol. The van der Waals surface area contributed by atoms with Gasteiger partial charge in [-0.25, -0.2) is 0 Å². The molecule has 0 saturated carbocycles. The third-order valence-electron chi connectivity index (χ3n) is 13.8. The summed E-state index contributed by atoms with van der Waals surface area (Å²) in [5.41, 5.74) is 0. The lowest BCUT2D eigenvalue weighted by molar-refractivity contribution is -0.379. The molecule has 19 heteroatoms. The predicted octanol–water partition coefficient (Wildman–Crippen LogP) is 2.81. The zero-order valence-corrected chi connectivity index (χ0v) is 42.7. The fourth-order valence-corrected chi connectivity index (χ4v) is 9.22. The number of aliphatic hydroxyl groups is 11. The molecule has 3 aliphatic heterocycles. The Morgan fingerprint density at radius 3 is 1.44 bits per heavy atom. The number of hydrogen-bond acceptors (Lipinski definition) is 18. The number of amides is 1. The van der Waals surface area contributed by atoms with Crippen molar-refractivity contribution in [3.63, 3.8) is 0 Å². The minimum absolute atomic E-state index is 0.256. The number of carbonyl (C=O) groups excluding carboxylic acids is 1. The lowest BCUT2D eigenvalue weighted by Crippen LogP contribution is -2.66. The van der Waals surface area contributed by atoms with Crippen LogP contribution in [0.5, 0.6) is 0 Å². The number of aliphatic hydroxyl groups excluding tert-OH is 11. The zero-order valence-electron chi connectivity index (χ0n) is 42.7. The van der Waals surface area contributed by atoms with Crippen molar-refractivity contribution in [2.24, 2.45) is 0 Å². The molecule has 3 fully saturated rings. The highest BCUT2D eigenvalue weighted by molar-refractivity contribution is 5.76. The van der Waals surface area contributed by atoms with Gasteiger partial charge in [0.05, 0.1) is 38.6 Å². The number of nitrogens with one attached hydrogen (secondary N) is 1. The van der Waals surface area contributed by atoms with E-state index in [0.717, 1.165) is 64.2 Å². The first kappa shape index (κ1) is 63.6. The van der Waals surface area contributed by atoms with Crippen LogP contribution in [-0.4, -0.2) is 193 Å². The molecule has 0 spiro atoms. The topological polar surface area (TPSA) is 307 Å². The number of unbranched alkanes of at least 4 members (excludes halogenated alkanes) is 18. The van der Waals surface area contributed by atoms with Crippen molar-refractivity contribution in [2.75, 3.05) is 26.4 Å². The van der Waals surface area contributed by atoms with Gasteiger partial charge >= 0.3 is 0 Å². The quantitative estimate of drug-likeness (QED) is 0.0313. The minimum Gasteiger partial charge on any atom is -0.394 e. The van der Waals surface area contributed by atoms with Crippen molar-refractivity contribution in [1.29, 1.82) is 0 Å². The molecular formula is C52H95NO18. The van der Waals surface area contributed by atoms with E-state index in [0.29, 0.717) is 12.8 Å². The number of ether oxygens (including phenoxy) is 6. The summed E-state index contributed by atoms with van der Waals surface area (Å²) >= 11 is 0. The smallest absolute Gasteiger partial charge is 0.220 e. The molecule has 3 saturated heterocycles. The third kappa shape index (κ3) is 22.6. The molecule has 17 atom stereocenters. The van der Waals surface area contributed by atoms with Crippen LogP contribution in [0.15, 0.2) is 24.3 Å². The minimum atomic E-state index is -1.97. The van der Waals surface area contributed by atoms with E-state index in [1.165, 1.54) is 70.6 Å². The largest absolute Gasteiger partial charge is 0.394 e. The van der Waals surface area contributed by atoms with Gasteiger partial charge in [-0.1, -0.05) is 141 Å². The molecule has 0 aromatic carbocycles. The first-order valence-corrected chi connectivity index (χ1v) is 27.1. The van der Waals surface area contributed by atoms with Crippen molar-refractivity contribution in [2.45, 2.75) is 272 Å². The van der Waals surface area contributed by atoms with E-state index in [1.54, 1.807) is 0 Å². The summed E-state index contributed by atoms with van der Waals surface area (Å²) in [7, 11) is 0. The first-order chi connectivity index (χ1) is 34.3. The maximum atomic E-state index is 13.2. The van der Waals surface area contributed by atoms with E-state index in [1.807, 2.05) is 0 Å². The van der Waals surface area contributed by atoms with Gasteiger partial charge in [-0.3, -0.25) is 4.79 Å². The Bertz CT molecular complexity index is 1410. The molecule has 0 aromatic rings. The molecule has 0 aromatic heterocycles. The highest BCUT2D eigenvalue weighted by atomic mass is 16.8. The second-order valence-electron chi connectivity index (χ2n) is 19.7. The summed E-state index contributed by atoms with van der Waals surface area (Å²) < 4.78 is 34.1. The fourth-order valence-electron chi connectivity index (χ4n) is 9.22. The highest BCUT2D eigenvalue weighted by Crippen LogP contribution is 2.33. The van der Waals surface area contributed by atoms with E-state index in [9.17, 15) is 61.0 Å². The van der Waals surface area contributed by atoms with Crippen LogP contribution in [-0.2, 0) is 33.2 Å². The zero-order chi connectivity index (χ0) is 52.0. The molecule has 0 aliphatic carbocycles. The molecule has 0 radical (unpaired) electrons. The fraction of sp³-hybridized carbons (Fsp3) is 0.904. The second kappa shape index (κ2) is 37.1. The monoisotopic (exact) mass is 1020 g/mol. The van der Waals surface area contributed by atoms with Gasteiger partial charge in [0.1, 0.15) is 73.2 Å². The number of carbonyl (C=O) groups is 1. The Morgan fingerprint density at radius 2 is 0.930 bits per heavy atom. The first-order valence-electron chi connectivity index (χ1n) is 27.1. The average molecular weight is 1020 g/mol. The lowest BCUT2D eigenvalue weighted by atomic mass is 9.96. The van der Waals surface area contributed by atoms with Gasteiger partial charge in [0, 0.05) is 6.42 Å². The van der Waals surface area contributed by atoms with E-state index in [4.69, 9.17) is 28.4 Å². The van der Waals surface area contributed by atoms with Gasteiger partial charge in [0.15, 0.2) is 18.9 Å². The molecule has 3 aliphatic rings. The Hall–Kier alpha value is -1.73. The van der Waals surface area contributed by atoms with Gasteiger partial charge in [-0.15, -0.1) is 0 Å². The average Bonchev–Trinajstić information content (AvgIpc) is 3.36. The van der Waals surface area contributed by atoms with E-state index >= 15 is 0 Å². The maximum absolute atomic E-state index is 13.2. The van der Waals surface area contributed by atoms with E-state index in [-0.39, 0.29) is 18.9 Å². The van der Waals surface area contributed by atoms with Crippen molar-refractivity contribution >= 4 is 5.91 Å². The van der Waals surface area contributed by atoms with Crippen LogP contribution in [0.4, 0.5) is 0 Å². The summed E-state index contributed by atoms with van der Waals surface area (Å²) in [6, 6.07) is -0.883. The van der Waals surface area contributed by atoms with Crippen molar-refractivity contribution in [1.82, 2.24) is 5.32 Å². The van der Waals surface area contributed by atoms with E-state index in [2.05, 4.69) is 43.5 Å². The van der Waals surface area contributed by atoms with Gasteiger partial charge in [0.25, 0.3) is 0 Å². The summed E-state index contributed by atoms with van der Waals surface area (Å²) in [5, 5.41) is 119. The Morgan fingerprint density at radius 1 is 0.507 bits per heavy atom. The van der Waals surface area contributed by atoms with Crippen LogP contribution in [0.1, 0.15) is 168 Å². The predicted molar refractivity (Wildman–Crippen MR) is 263 cm³/mol. The van der Waals surface area contributed by atoms with Crippen molar-refractivity contribution in [3.05, 3.63) is 24.3 Å². The molecule has 12 N–H and O–H groups in total. The molecule has 1 amide bonds. The summed E-state index contributed by atoms with van der Waals surface area (Å²) in [6.07, 6.45) is 7.76. The normalized spacial score (nSPS) is 32.4. The van der Waals surface area contributed by atoms with Crippen LogP contribution in [0.25, 0.3) is 0 Å². The highest BCUT2D eigenvalue weighted by Gasteiger charge is 2.53. The Balaban J connectivity index is 1.43. The van der Waals surface area contributed by atoms with E-state index < -0.39 is 124 Å². The van der Waals surface area contributed by atoms with Gasteiger partial charge < -0.3 is 89.9 Å². The van der Waals surface area contributed by atoms with Gasteiger partial charge in [0.2, 0.25) is 5.91 Å². The SMILES string of the molecule is CCCCCCC/C=C\C/C=C\CCCCCCCCCCCC(=O)NC(COC1OC(CO)C(OC2OC(CO)C(OC3OC(CO)C(O)C(O)C3O)C(O)C2O)C(O)C1O)C(O)CCCCCCC. The Labute approximate surface area is 422 Å². The molecule has 19 nitrogen and oxygen atoms in total. The van der Waals surface area contributed by atoms with Crippen LogP contribution >= 0.6 is 0 Å². The molecule has 416 valence electrons. The number of hydrogen-bond donors (Lipinski definition) is 12. The summed E-state index contributed by atoms with van der Waals surface area (Å²) in [6.45, 7) is 1.64. The third-order valence-corrected chi connectivity index (χ3v) is 13.8.